The molecule has 0 radical (unpaired) electrons. The molecule has 1 atom stereocenters. The number of rotatable bonds is 33. The van der Waals surface area contributed by atoms with Crippen LogP contribution in [0.15, 0.2) is 24.3 Å². The van der Waals surface area contributed by atoms with Crippen molar-refractivity contribution in [3.05, 3.63) is 24.3 Å². The van der Waals surface area contributed by atoms with Crippen LogP contribution >= 0.6 is 0 Å². The lowest BCUT2D eigenvalue weighted by Crippen LogP contribution is -1.86. The molecule has 0 bridgehead atoms. The van der Waals surface area contributed by atoms with Crippen molar-refractivity contribution < 1.29 is 0 Å². The number of hydrogen-bond acceptors (Lipinski definition) is 0. The summed E-state index contributed by atoms with van der Waals surface area (Å²) in [5.41, 5.74) is 0. The van der Waals surface area contributed by atoms with Crippen LogP contribution in [0, 0.1) is 5.92 Å². The third kappa shape index (κ3) is 35.5. The molecule has 0 N–H and O–H groups in total. The molecule has 0 fully saturated rings. The van der Waals surface area contributed by atoms with E-state index in [-0.39, 0.29) is 0 Å². The Labute approximate surface area is 249 Å². The van der Waals surface area contributed by atoms with Gasteiger partial charge in [0.25, 0.3) is 0 Å². The lowest BCUT2D eigenvalue weighted by Gasteiger charge is -2.03. The van der Waals surface area contributed by atoms with Gasteiger partial charge in [0.2, 0.25) is 0 Å². The molecule has 0 saturated heterocycles. The second kappa shape index (κ2) is 35.5. The summed E-state index contributed by atoms with van der Waals surface area (Å²) in [6, 6.07) is 0. The normalized spacial score (nSPS) is 12.8. The predicted molar refractivity (Wildman–Crippen MR) is 182 cm³/mol. The van der Waals surface area contributed by atoms with Crippen molar-refractivity contribution >= 4 is 0 Å². The Morgan fingerprint density at radius 3 is 0.949 bits per heavy atom. The van der Waals surface area contributed by atoms with Crippen LogP contribution < -0.4 is 0 Å². The maximum absolute atomic E-state index is 2.46. The monoisotopic (exact) mass is 545 g/mol. The summed E-state index contributed by atoms with van der Waals surface area (Å²) >= 11 is 0. The Hall–Kier alpha value is -0.520. The molecular weight excluding hydrogens is 468 g/mol. The van der Waals surface area contributed by atoms with Gasteiger partial charge in [-0.1, -0.05) is 212 Å². The molecular formula is C39H76. The molecule has 0 aliphatic carbocycles. The third-order valence-electron chi connectivity index (χ3n) is 8.59. The van der Waals surface area contributed by atoms with E-state index in [9.17, 15) is 0 Å². The summed E-state index contributed by atoms with van der Waals surface area (Å²) < 4.78 is 0. The van der Waals surface area contributed by atoms with Crippen LogP contribution in [-0.2, 0) is 0 Å². The highest BCUT2D eigenvalue weighted by molar-refractivity contribution is 4.92. The molecule has 0 spiro atoms. The minimum absolute atomic E-state index is 0.698. The Morgan fingerprint density at radius 1 is 0.333 bits per heavy atom. The fourth-order valence-corrected chi connectivity index (χ4v) is 5.75. The molecule has 232 valence electrons. The fourth-order valence-electron chi connectivity index (χ4n) is 5.75. The van der Waals surface area contributed by atoms with Gasteiger partial charge in [0.05, 0.1) is 0 Å². The largest absolute Gasteiger partial charge is 0.0885 e. The molecule has 0 amide bonds. The lowest BCUT2D eigenvalue weighted by atomic mass is 10.0. The van der Waals surface area contributed by atoms with Gasteiger partial charge in [0.1, 0.15) is 0 Å². The zero-order valence-electron chi connectivity index (χ0n) is 27.8. The summed E-state index contributed by atoms with van der Waals surface area (Å²) in [7, 11) is 0. The molecule has 39 heavy (non-hydrogen) atoms. The minimum Gasteiger partial charge on any atom is -0.0885 e. The molecule has 0 aliphatic rings. The van der Waals surface area contributed by atoms with Crippen molar-refractivity contribution in [1.29, 1.82) is 0 Å². The van der Waals surface area contributed by atoms with Gasteiger partial charge < -0.3 is 0 Å². The number of allylic oxidation sites excluding steroid dienone is 4. The molecule has 0 aliphatic heterocycles. The van der Waals surface area contributed by atoms with Gasteiger partial charge in [0, 0.05) is 0 Å². The highest BCUT2D eigenvalue weighted by Gasteiger charge is 1.96. The second-order valence-corrected chi connectivity index (χ2v) is 12.9. The first kappa shape index (κ1) is 38.5. The zero-order chi connectivity index (χ0) is 28.3. The molecule has 1 unspecified atom stereocenters. The molecule has 0 aromatic rings. The van der Waals surface area contributed by atoms with Gasteiger partial charge in [-0.05, 0) is 38.0 Å². The fraction of sp³-hybridized carbons (Fsp3) is 0.897. The maximum Gasteiger partial charge on any atom is -0.0227 e. The molecule has 0 heterocycles. The van der Waals surface area contributed by atoms with Crippen LogP contribution in [0.1, 0.15) is 220 Å². The van der Waals surface area contributed by atoms with Crippen molar-refractivity contribution in [3.63, 3.8) is 0 Å². The van der Waals surface area contributed by atoms with Crippen LogP contribution in [0.3, 0.4) is 0 Å². The van der Waals surface area contributed by atoms with Crippen LogP contribution in [0.5, 0.6) is 0 Å². The lowest BCUT2D eigenvalue weighted by molar-refractivity contribution is 0.536. The van der Waals surface area contributed by atoms with E-state index >= 15 is 0 Å². The summed E-state index contributed by atoms with van der Waals surface area (Å²) in [4.78, 5) is 0. The van der Waals surface area contributed by atoms with Crippen LogP contribution in [0.25, 0.3) is 0 Å². The topological polar surface area (TPSA) is 0 Å². The number of unbranched alkanes of at least 4 members (excludes halogenated alkanes) is 28. The van der Waals surface area contributed by atoms with Gasteiger partial charge in [-0.3, -0.25) is 0 Å². The third-order valence-corrected chi connectivity index (χ3v) is 8.59. The first-order chi connectivity index (χ1) is 19.3. The maximum atomic E-state index is 2.46. The molecule has 0 aromatic carbocycles. The average Bonchev–Trinajstić information content (AvgIpc) is 2.94. The Kier molecular flexibility index (Phi) is 35.0. The smallest absolute Gasteiger partial charge is 0.0227 e. The summed E-state index contributed by atoms with van der Waals surface area (Å²) in [6.45, 7) is 6.98. The van der Waals surface area contributed by atoms with Crippen molar-refractivity contribution in [1.82, 2.24) is 0 Å². The number of hydrogen-bond donors (Lipinski definition) is 0. The standard InChI is InChI=1S/C39H76/c1-4-6-8-10-12-14-16-18-20-22-24-26-28-30-32-34-36-38-39(3)37-35-33-31-29-27-25-23-21-19-17-15-13-11-9-7-5-2/h34-37,39H,4-33,38H2,1-3H3. The van der Waals surface area contributed by atoms with E-state index in [1.54, 1.807) is 0 Å². The van der Waals surface area contributed by atoms with E-state index in [2.05, 4.69) is 45.1 Å². The van der Waals surface area contributed by atoms with E-state index in [0.29, 0.717) is 5.92 Å². The second-order valence-electron chi connectivity index (χ2n) is 12.9. The van der Waals surface area contributed by atoms with E-state index < -0.39 is 0 Å². The molecule has 0 nitrogen and oxygen atoms in total. The van der Waals surface area contributed by atoms with Gasteiger partial charge in [-0.25, -0.2) is 0 Å². The van der Waals surface area contributed by atoms with Crippen molar-refractivity contribution in [2.75, 3.05) is 0 Å². The molecule has 0 heteroatoms. The highest BCUT2D eigenvalue weighted by atomic mass is 14.0. The summed E-state index contributed by atoms with van der Waals surface area (Å²) in [5.74, 6) is 0.698. The zero-order valence-corrected chi connectivity index (χ0v) is 27.8. The SMILES string of the molecule is CCCCCCCCCCCCCCCCC=CCC(C)C=CCCCCCCCCCCCCCCCC. The molecule has 0 rings (SSSR count). The van der Waals surface area contributed by atoms with E-state index in [1.807, 2.05) is 0 Å². The first-order valence-corrected chi connectivity index (χ1v) is 18.6. The quantitative estimate of drug-likeness (QED) is 0.0569. The molecule has 0 saturated carbocycles. The average molecular weight is 545 g/mol. The van der Waals surface area contributed by atoms with E-state index in [1.165, 1.54) is 199 Å². The van der Waals surface area contributed by atoms with Gasteiger partial charge >= 0.3 is 0 Å². The first-order valence-electron chi connectivity index (χ1n) is 18.6. The van der Waals surface area contributed by atoms with E-state index in [0.717, 1.165) is 0 Å². The summed E-state index contributed by atoms with van der Waals surface area (Å²) in [5, 5.41) is 0. The van der Waals surface area contributed by atoms with Crippen LogP contribution in [0.4, 0.5) is 0 Å². The summed E-state index contributed by atoms with van der Waals surface area (Å²) in [6.07, 6.45) is 54.2. The highest BCUT2D eigenvalue weighted by Crippen LogP contribution is 2.15. The Morgan fingerprint density at radius 2 is 0.615 bits per heavy atom. The van der Waals surface area contributed by atoms with Crippen molar-refractivity contribution in [2.24, 2.45) is 5.92 Å². The Balaban J connectivity index is 3.27. The Bertz CT molecular complexity index is 472. The minimum atomic E-state index is 0.698. The van der Waals surface area contributed by atoms with Gasteiger partial charge in [-0.15, -0.1) is 0 Å². The van der Waals surface area contributed by atoms with Gasteiger partial charge in [0.15, 0.2) is 0 Å². The van der Waals surface area contributed by atoms with Crippen LogP contribution in [0.2, 0.25) is 0 Å². The predicted octanol–water partition coefficient (Wildman–Crippen LogP) is 14.9. The van der Waals surface area contributed by atoms with Crippen molar-refractivity contribution in [2.45, 2.75) is 220 Å². The van der Waals surface area contributed by atoms with E-state index in [4.69, 9.17) is 0 Å². The van der Waals surface area contributed by atoms with Crippen molar-refractivity contribution in [3.8, 4) is 0 Å². The van der Waals surface area contributed by atoms with Gasteiger partial charge in [-0.2, -0.15) is 0 Å². The van der Waals surface area contributed by atoms with Crippen LogP contribution in [-0.4, -0.2) is 0 Å². The molecule has 0 aromatic heterocycles.